The second kappa shape index (κ2) is 5.33. The van der Waals surface area contributed by atoms with Crippen molar-refractivity contribution in [2.24, 2.45) is 7.05 Å². The highest BCUT2D eigenvalue weighted by atomic mass is 35.5. The van der Waals surface area contributed by atoms with Gasteiger partial charge in [0, 0.05) is 7.05 Å². The topological polar surface area (TPSA) is 55.9 Å². The molecule has 1 N–H and O–H groups in total. The number of nitrogens with one attached hydrogen (secondary N) is 1. The Bertz CT molecular complexity index is 479. The van der Waals surface area contributed by atoms with Crippen molar-refractivity contribution < 1.29 is 4.42 Å². The Morgan fingerprint density at radius 3 is 2.88 bits per heavy atom. The fraction of sp³-hybridized carbons (Fsp3) is 0.455. The molecule has 1 atom stereocenters. The van der Waals surface area contributed by atoms with Gasteiger partial charge in [0.1, 0.15) is 11.8 Å². The molecule has 0 spiro atoms. The van der Waals surface area contributed by atoms with Crippen molar-refractivity contribution in [3.63, 3.8) is 0 Å². The number of aryl methyl sites for hydroxylation is 1. The number of furan rings is 1. The van der Waals surface area contributed by atoms with E-state index in [1.165, 1.54) is 0 Å². The predicted octanol–water partition coefficient (Wildman–Crippen LogP) is 2.15. The Hall–Kier alpha value is -1.33. The standard InChI is InChI=1S/C11H15ClN4O/c1-3-6-13-11(8-7-14-15-16(8)2)9-4-5-10(12)17-9/h4-5,7,11,13H,3,6H2,1-2H3. The lowest BCUT2D eigenvalue weighted by atomic mass is 10.1. The number of hydrogen-bond acceptors (Lipinski definition) is 4. The summed E-state index contributed by atoms with van der Waals surface area (Å²) in [6.07, 6.45) is 2.76. The smallest absolute Gasteiger partial charge is 0.193 e. The number of halogens is 1. The second-order valence-corrected chi connectivity index (χ2v) is 4.18. The quantitative estimate of drug-likeness (QED) is 0.888. The van der Waals surface area contributed by atoms with Gasteiger partial charge < -0.3 is 9.73 Å². The summed E-state index contributed by atoms with van der Waals surface area (Å²) in [5.41, 5.74) is 0.949. The van der Waals surface area contributed by atoms with Gasteiger partial charge in [-0.3, -0.25) is 4.68 Å². The highest BCUT2D eigenvalue weighted by Crippen LogP contribution is 2.24. The second-order valence-electron chi connectivity index (χ2n) is 3.81. The molecule has 5 nitrogen and oxygen atoms in total. The normalized spacial score (nSPS) is 12.9. The molecular weight excluding hydrogens is 240 g/mol. The summed E-state index contributed by atoms with van der Waals surface area (Å²) in [6.45, 7) is 2.99. The minimum atomic E-state index is -0.0672. The van der Waals surface area contributed by atoms with Crippen molar-refractivity contribution in [2.45, 2.75) is 19.4 Å². The summed E-state index contributed by atoms with van der Waals surface area (Å²) in [4.78, 5) is 0. The van der Waals surface area contributed by atoms with E-state index in [2.05, 4.69) is 22.6 Å². The molecule has 0 bridgehead atoms. The summed E-state index contributed by atoms with van der Waals surface area (Å²) in [6, 6.07) is 3.53. The third-order valence-corrected chi connectivity index (χ3v) is 2.73. The van der Waals surface area contributed by atoms with Crippen LogP contribution in [0.2, 0.25) is 5.22 Å². The van der Waals surface area contributed by atoms with Crippen molar-refractivity contribution in [3.8, 4) is 0 Å². The van der Waals surface area contributed by atoms with Crippen LogP contribution < -0.4 is 5.32 Å². The molecule has 0 fully saturated rings. The predicted molar refractivity (Wildman–Crippen MR) is 64.9 cm³/mol. The molecule has 0 radical (unpaired) electrons. The molecule has 6 heteroatoms. The molecule has 0 aliphatic heterocycles. The first-order chi connectivity index (χ1) is 8.22. The highest BCUT2D eigenvalue weighted by molar-refractivity contribution is 6.28. The van der Waals surface area contributed by atoms with Crippen LogP contribution in [0.25, 0.3) is 0 Å². The van der Waals surface area contributed by atoms with Gasteiger partial charge in [-0.15, -0.1) is 5.10 Å². The first-order valence-electron chi connectivity index (χ1n) is 5.55. The van der Waals surface area contributed by atoms with Crippen LogP contribution in [0.3, 0.4) is 0 Å². The average Bonchev–Trinajstić information content (AvgIpc) is 2.90. The van der Waals surface area contributed by atoms with Gasteiger partial charge in [0.25, 0.3) is 0 Å². The Balaban J connectivity index is 2.28. The molecule has 1 unspecified atom stereocenters. The lowest BCUT2D eigenvalue weighted by Gasteiger charge is -2.15. The molecule has 92 valence electrons. The first-order valence-corrected chi connectivity index (χ1v) is 5.93. The first kappa shape index (κ1) is 12.1. The largest absolute Gasteiger partial charge is 0.448 e. The summed E-state index contributed by atoms with van der Waals surface area (Å²) in [5.74, 6) is 0.772. The third-order valence-electron chi connectivity index (χ3n) is 2.52. The van der Waals surface area contributed by atoms with Gasteiger partial charge in [-0.05, 0) is 36.7 Å². The molecule has 2 heterocycles. The van der Waals surface area contributed by atoms with E-state index in [-0.39, 0.29) is 6.04 Å². The maximum Gasteiger partial charge on any atom is 0.193 e. The zero-order valence-corrected chi connectivity index (χ0v) is 10.6. The zero-order valence-electron chi connectivity index (χ0n) is 9.85. The Morgan fingerprint density at radius 2 is 2.35 bits per heavy atom. The average molecular weight is 255 g/mol. The van der Waals surface area contributed by atoms with Gasteiger partial charge in [0.15, 0.2) is 5.22 Å². The van der Waals surface area contributed by atoms with Crippen molar-refractivity contribution in [2.75, 3.05) is 6.54 Å². The fourth-order valence-corrected chi connectivity index (χ4v) is 1.83. The summed E-state index contributed by atoms with van der Waals surface area (Å²) in [5, 5.41) is 11.6. The Morgan fingerprint density at radius 1 is 1.53 bits per heavy atom. The van der Waals surface area contributed by atoms with Gasteiger partial charge in [0.05, 0.1) is 11.9 Å². The maximum atomic E-state index is 5.81. The fourth-order valence-electron chi connectivity index (χ4n) is 1.68. The highest BCUT2D eigenvalue weighted by Gasteiger charge is 2.20. The molecular formula is C11H15ClN4O. The van der Waals surface area contributed by atoms with Gasteiger partial charge in [-0.1, -0.05) is 12.1 Å². The van der Waals surface area contributed by atoms with Crippen LogP contribution in [-0.2, 0) is 7.05 Å². The maximum absolute atomic E-state index is 5.81. The van der Waals surface area contributed by atoms with E-state index in [9.17, 15) is 0 Å². The molecule has 0 aliphatic rings. The van der Waals surface area contributed by atoms with Crippen molar-refractivity contribution in [3.05, 3.63) is 35.0 Å². The van der Waals surface area contributed by atoms with E-state index in [1.54, 1.807) is 16.9 Å². The molecule has 0 saturated carbocycles. The Kier molecular flexibility index (Phi) is 3.81. The van der Waals surface area contributed by atoms with Crippen molar-refractivity contribution in [1.29, 1.82) is 0 Å². The Labute approximate surface area is 105 Å². The zero-order chi connectivity index (χ0) is 12.3. The summed E-state index contributed by atoms with van der Waals surface area (Å²) < 4.78 is 7.18. The van der Waals surface area contributed by atoms with E-state index < -0.39 is 0 Å². The van der Waals surface area contributed by atoms with Crippen LogP contribution in [0, 0.1) is 0 Å². The molecule has 17 heavy (non-hydrogen) atoms. The lowest BCUT2D eigenvalue weighted by molar-refractivity contribution is 0.433. The minimum Gasteiger partial charge on any atom is -0.448 e. The van der Waals surface area contributed by atoms with Crippen LogP contribution >= 0.6 is 11.6 Å². The lowest BCUT2D eigenvalue weighted by Crippen LogP contribution is -2.24. The number of aromatic nitrogens is 3. The van der Waals surface area contributed by atoms with Gasteiger partial charge in [-0.2, -0.15) is 0 Å². The monoisotopic (exact) mass is 254 g/mol. The van der Waals surface area contributed by atoms with E-state index in [1.807, 2.05) is 13.1 Å². The molecule has 0 aromatic carbocycles. The summed E-state index contributed by atoms with van der Waals surface area (Å²) in [7, 11) is 1.85. The van der Waals surface area contributed by atoms with Crippen molar-refractivity contribution >= 4 is 11.6 Å². The van der Waals surface area contributed by atoms with Crippen LogP contribution in [0.15, 0.2) is 22.7 Å². The van der Waals surface area contributed by atoms with Gasteiger partial charge in [0.2, 0.25) is 0 Å². The number of hydrogen-bond donors (Lipinski definition) is 1. The third kappa shape index (κ3) is 2.68. The molecule has 2 rings (SSSR count). The summed E-state index contributed by atoms with van der Waals surface area (Å²) >= 11 is 5.81. The van der Waals surface area contributed by atoms with E-state index in [0.29, 0.717) is 5.22 Å². The van der Waals surface area contributed by atoms with Crippen LogP contribution in [0.5, 0.6) is 0 Å². The van der Waals surface area contributed by atoms with E-state index >= 15 is 0 Å². The molecule has 0 saturated heterocycles. The van der Waals surface area contributed by atoms with Gasteiger partial charge >= 0.3 is 0 Å². The van der Waals surface area contributed by atoms with Gasteiger partial charge in [-0.25, -0.2) is 0 Å². The number of rotatable bonds is 5. The van der Waals surface area contributed by atoms with E-state index in [0.717, 1.165) is 24.4 Å². The van der Waals surface area contributed by atoms with Crippen LogP contribution in [0.4, 0.5) is 0 Å². The van der Waals surface area contributed by atoms with Crippen LogP contribution in [0.1, 0.15) is 30.8 Å². The molecule has 0 amide bonds. The number of nitrogens with zero attached hydrogens (tertiary/aromatic N) is 3. The SMILES string of the molecule is CCCNC(c1ccc(Cl)o1)c1cnnn1C. The molecule has 2 aromatic rings. The van der Waals surface area contributed by atoms with Crippen LogP contribution in [-0.4, -0.2) is 21.5 Å². The van der Waals surface area contributed by atoms with Crippen molar-refractivity contribution in [1.82, 2.24) is 20.3 Å². The molecule has 0 aliphatic carbocycles. The molecule has 2 aromatic heterocycles. The van der Waals surface area contributed by atoms with E-state index in [4.69, 9.17) is 16.0 Å². The minimum absolute atomic E-state index is 0.0672.